The van der Waals surface area contributed by atoms with Crippen molar-refractivity contribution < 1.29 is 18.9 Å². The van der Waals surface area contributed by atoms with Crippen LogP contribution in [0.2, 0.25) is 5.02 Å². The predicted octanol–water partition coefficient (Wildman–Crippen LogP) is 7.03. The maximum atomic E-state index is 13.5. The van der Waals surface area contributed by atoms with Gasteiger partial charge in [-0.1, -0.05) is 54.1 Å². The number of rotatable bonds is 9. The van der Waals surface area contributed by atoms with Crippen molar-refractivity contribution >= 4 is 40.5 Å². The molecule has 0 spiro atoms. The van der Waals surface area contributed by atoms with Gasteiger partial charge in [-0.15, -0.1) is 0 Å². The summed E-state index contributed by atoms with van der Waals surface area (Å²) in [5.74, 6) is -0.716. The molecular formula is C33H30ClFN4O4. The lowest BCUT2D eigenvalue weighted by Crippen LogP contribution is -2.36. The Balaban J connectivity index is 1.34. The Kier molecular flexibility index (Phi) is 9.32. The third-order valence-corrected chi connectivity index (χ3v) is 7.91. The number of non-ortho nitro benzene ring substituents is 1. The minimum absolute atomic E-state index is 0.0565. The molecule has 2 amide bonds. The summed E-state index contributed by atoms with van der Waals surface area (Å²) in [7, 11) is 0. The number of hydrogen-bond acceptors (Lipinski definition) is 5. The largest absolute Gasteiger partial charge is 0.371 e. The van der Waals surface area contributed by atoms with Crippen LogP contribution in [0.25, 0.3) is 0 Å². The number of piperidine rings is 1. The number of nitro groups is 1. The molecule has 5 rings (SSSR count). The predicted molar refractivity (Wildman–Crippen MR) is 165 cm³/mol. The molecule has 4 aromatic carbocycles. The molecule has 4 aromatic rings. The first-order valence-corrected chi connectivity index (χ1v) is 14.4. The molecule has 0 unspecified atom stereocenters. The standard InChI is InChI=1S/C33H30ClFN4O4/c34-30-20-27(39(42)43)11-12-28(30)33(41)37-26-10-13-31(29(19-26)32(40)36-21-24-6-8-25(35)9-7-24)38-16-14-23(15-17-38)18-22-4-2-1-3-5-22/h1-13,19-20,23H,14-18,21H2,(H,36,40)(H,37,41). The zero-order chi connectivity index (χ0) is 30.3. The fourth-order valence-corrected chi connectivity index (χ4v) is 5.54. The molecule has 0 aromatic heterocycles. The number of benzene rings is 4. The molecule has 0 bridgehead atoms. The van der Waals surface area contributed by atoms with E-state index in [4.69, 9.17) is 11.6 Å². The van der Waals surface area contributed by atoms with Crippen LogP contribution in [0.15, 0.2) is 91.0 Å². The first-order valence-electron chi connectivity index (χ1n) is 14.0. The Hall–Kier alpha value is -4.76. The van der Waals surface area contributed by atoms with E-state index < -0.39 is 10.8 Å². The summed E-state index contributed by atoms with van der Waals surface area (Å²) >= 11 is 6.16. The molecule has 10 heteroatoms. The van der Waals surface area contributed by atoms with E-state index in [0.29, 0.717) is 17.2 Å². The van der Waals surface area contributed by atoms with E-state index in [1.807, 2.05) is 12.1 Å². The second-order valence-electron chi connectivity index (χ2n) is 10.5. The van der Waals surface area contributed by atoms with E-state index in [1.54, 1.807) is 24.3 Å². The average molecular weight is 601 g/mol. The van der Waals surface area contributed by atoms with Gasteiger partial charge in [-0.05, 0) is 72.7 Å². The number of halogens is 2. The number of anilines is 2. The van der Waals surface area contributed by atoms with Crippen molar-refractivity contribution in [3.63, 3.8) is 0 Å². The summed E-state index contributed by atoms with van der Waals surface area (Å²) in [4.78, 5) is 39.1. The van der Waals surface area contributed by atoms with Crippen LogP contribution in [-0.4, -0.2) is 29.8 Å². The molecule has 8 nitrogen and oxygen atoms in total. The lowest BCUT2D eigenvalue weighted by atomic mass is 9.89. The van der Waals surface area contributed by atoms with Crippen molar-refractivity contribution in [2.24, 2.45) is 5.92 Å². The fraction of sp³-hybridized carbons (Fsp3) is 0.212. The van der Waals surface area contributed by atoms with E-state index in [-0.39, 0.29) is 34.5 Å². The number of nitrogens with one attached hydrogen (secondary N) is 2. The highest BCUT2D eigenvalue weighted by molar-refractivity contribution is 6.34. The van der Waals surface area contributed by atoms with E-state index in [2.05, 4.69) is 39.8 Å². The van der Waals surface area contributed by atoms with E-state index in [0.717, 1.165) is 49.7 Å². The number of amides is 2. The molecule has 220 valence electrons. The smallest absolute Gasteiger partial charge is 0.270 e. The van der Waals surface area contributed by atoms with Gasteiger partial charge in [-0.3, -0.25) is 19.7 Å². The fourth-order valence-electron chi connectivity index (χ4n) is 5.28. The quantitative estimate of drug-likeness (QED) is 0.159. The number of nitro benzene ring substituents is 1. The number of nitrogens with zero attached hydrogens (tertiary/aromatic N) is 2. The zero-order valence-electron chi connectivity index (χ0n) is 23.3. The summed E-state index contributed by atoms with van der Waals surface area (Å²) in [5.41, 5.74) is 3.41. The number of carbonyl (C=O) groups excluding carboxylic acids is 2. The van der Waals surface area contributed by atoms with Crippen LogP contribution in [0.3, 0.4) is 0 Å². The Labute approximate surface area is 253 Å². The third kappa shape index (κ3) is 7.55. The molecule has 1 fully saturated rings. The topological polar surface area (TPSA) is 105 Å². The van der Waals surface area contributed by atoms with E-state index >= 15 is 0 Å². The maximum Gasteiger partial charge on any atom is 0.270 e. The highest BCUT2D eigenvalue weighted by Gasteiger charge is 2.24. The van der Waals surface area contributed by atoms with Gasteiger partial charge in [0.1, 0.15) is 5.82 Å². The Bertz CT molecular complexity index is 1620. The Morgan fingerprint density at radius 3 is 2.28 bits per heavy atom. The van der Waals surface area contributed by atoms with Gasteiger partial charge in [-0.2, -0.15) is 0 Å². The normalized spacial score (nSPS) is 13.4. The van der Waals surface area contributed by atoms with E-state index in [1.165, 1.54) is 29.8 Å². The molecule has 1 aliphatic heterocycles. The van der Waals surface area contributed by atoms with Crippen LogP contribution in [0.5, 0.6) is 0 Å². The van der Waals surface area contributed by atoms with Crippen molar-refractivity contribution in [1.29, 1.82) is 0 Å². The molecule has 1 saturated heterocycles. The first-order chi connectivity index (χ1) is 20.8. The first kappa shape index (κ1) is 29.7. The van der Waals surface area contributed by atoms with Crippen LogP contribution >= 0.6 is 11.6 Å². The Morgan fingerprint density at radius 1 is 0.884 bits per heavy atom. The molecule has 1 aliphatic rings. The SMILES string of the molecule is O=C(Nc1ccc(N2CCC(Cc3ccccc3)CC2)c(C(=O)NCc2ccc(F)cc2)c1)c1ccc([N+](=O)[O-])cc1Cl. The van der Waals surface area contributed by atoms with Gasteiger partial charge in [0.15, 0.2) is 0 Å². The van der Waals surface area contributed by atoms with Crippen molar-refractivity contribution in [1.82, 2.24) is 5.32 Å². The average Bonchev–Trinajstić information content (AvgIpc) is 3.01. The lowest BCUT2D eigenvalue weighted by molar-refractivity contribution is -0.384. The maximum absolute atomic E-state index is 13.5. The number of carbonyl (C=O) groups is 2. The minimum Gasteiger partial charge on any atom is -0.371 e. The summed E-state index contributed by atoms with van der Waals surface area (Å²) in [5, 5.41) is 16.6. The molecule has 0 saturated carbocycles. The van der Waals surface area contributed by atoms with Crippen LogP contribution in [0.4, 0.5) is 21.5 Å². The minimum atomic E-state index is -0.590. The van der Waals surface area contributed by atoms with Gasteiger partial charge < -0.3 is 15.5 Å². The monoisotopic (exact) mass is 600 g/mol. The molecule has 1 heterocycles. The zero-order valence-corrected chi connectivity index (χ0v) is 24.0. The van der Waals surface area contributed by atoms with Crippen molar-refractivity contribution in [3.05, 3.63) is 134 Å². The molecular weight excluding hydrogens is 571 g/mol. The van der Waals surface area contributed by atoms with Gasteiger partial charge in [-0.25, -0.2) is 4.39 Å². The molecule has 0 aliphatic carbocycles. The van der Waals surface area contributed by atoms with Gasteiger partial charge in [0.25, 0.3) is 17.5 Å². The second kappa shape index (κ2) is 13.5. The van der Waals surface area contributed by atoms with Gasteiger partial charge in [0, 0.05) is 43.1 Å². The van der Waals surface area contributed by atoms with E-state index in [9.17, 15) is 24.1 Å². The van der Waals surface area contributed by atoms with Crippen LogP contribution in [0.1, 0.15) is 44.7 Å². The highest BCUT2D eigenvalue weighted by atomic mass is 35.5. The Morgan fingerprint density at radius 2 is 1.60 bits per heavy atom. The molecule has 0 atom stereocenters. The van der Waals surface area contributed by atoms with Gasteiger partial charge in [0.2, 0.25) is 0 Å². The van der Waals surface area contributed by atoms with Crippen LogP contribution in [-0.2, 0) is 13.0 Å². The summed E-state index contributed by atoms with van der Waals surface area (Å²) < 4.78 is 13.3. The lowest BCUT2D eigenvalue weighted by Gasteiger charge is -2.35. The van der Waals surface area contributed by atoms with Gasteiger partial charge in [0.05, 0.1) is 21.1 Å². The second-order valence-corrected chi connectivity index (χ2v) is 10.9. The van der Waals surface area contributed by atoms with Crippen molar-refractivity contribution in [2.45, 2.75) is 25.8 Å². The summed E-state index contributed by atoms with van der Waals surface area (Å²) in [6, 6.07) is 25.1. The van der Waals surface area contributed by atoms with Crippen molar-refractivity contribution in [2.75, 3.05) is 23.3 Å². The molecule has 2 N–H and O–H groups in total. The van der Waals surface area contributed by atoms with Crippen LogP contribution in [0, 0.1) is 21.8 Å². The molecule has 43 heavy (non-hydrogen) atoms. The number of hydrogen-bond donors (Lipinski definition) is 2. The molecule has 0 radical (unpaired) electrons. The summed E-state index contributed by atoms with van der Waals surface area (Å²) in [6.07, 6.45) is 2.96. The van der Waals surface area contributed by atoms with Crippen LogP contribution < -0.4 is 15.5 Å². The summed E-state index contributed by atoms with van der Waals surface area (Å²) in [6.45, 7) is 1.76. The highest BCUT2D eigenvalue weighted by Crippen LogP contribution is 2.31. The van der Waals surface area contributed by atoms with Gasteiger partial charge >= 0.3 is 0 Å². The third-order valence-electron chi connectivity index (χ3n) is 7.60. The van der Waals surface area contributed by atoms with Crippen molar-refractivity contribution in [3.8, 4) is 0 Å².